The first-order valence-electron chi connectivity index (χ1n) is 7.68. The van der Waals surface area contributed by atoms with E-state index >= 15 is 0 Å². The van der Waals surface area contributed by atoms with Gasteiger partial charge in [-0.3, -0.25) is 4.98 Å². The summed E-state index contributed by atoms with van der Waals surface area (Å²) in [6.45, 7) is 2.03. The molecule has 1 N–H and O–H groups in total. The van der Waals surface area contributed by atoms with Crippen LogP contribution in [0, 0.1) is 12.8 Å². The second-order valence-electron chi connectivity index (χ2n) is 5.85. The Balaban J connectivity index is 1.74. The molecule has 3 rings (SSSR count). The minimum absolute atomic E-state index is 0.427. The third-order valence-corrected chi connectivity index (χ3v) is 4.48. The average Bonchev–Trinajstić information content (AvgIpc) is 3.17. The lowest BCUT2D eigenvalue weighted by molar-refractivity contribution is 0.318. The molecule has 0 aliphatic heterocycles. The van der Waals surface area contributed by atoms with Gasteiger partial charge in [-0.15, -0.1) is 0 Å². The predicted octanol–water partition coefficient (Wildman–Crippen LogP) is 2.76. The van der Waals surface area contributed by atoms with Gasteiger partial charge >= 0.3 is 0 Å². The summed E-state index contributed by atoms with van der Waals surface area (Å²) in [5, 5.41) is 7.52. The van der Waals surface area contributed by atoms with Crippen LogP contribution < -0.4 is 5.32 Å². The third kappa shape index (κ3) is 3.13. The van der Waals surface area contributed by atoms with E-state index in [-0.39, 0.29) is 0 Å². The molecule has 0 saturated heterocycles. The molecule has 5 heteroatoms. The van der Waals surface area contributed by atoms with Crippen molar-refractivity contribution in [3.05, 3.63) is 29.9 Å². The van der Waals surface area contributed by atoms with E-state index in [1.165, 1.54) is 25.7 Å². The van der Waals surface area contributed by atoms with Gasteiger partial charge < -0.3 is 9.84 Å². The van der Waals surface area contributed by atoms with Crippen molar-refractivity contribution in [3.8, 4) is 11.4 Å². The predicted molar refractivity (Wildman–Crippen MR) is 80.8 cm³/mol. The Labute approximate surface area is 125 Å². The van der Waals surface area contributed by atoms with Crippen LogP contribution in [0.3, 0.4) is 0 Å². The number of aryl methyl sites for hydroxylation is 1. The van der Waals surface area contributed by atoms with E-state index in [2.05, 4.69) is 20.4 Å². The maximum Gasteiger partial charge on any atom is 0.228 e. The van der Waals surface area contributed by atoms with Crippen LogP contribution in [-0.2, 0) is 6.42 Å². The van der Waals surface area contributed by atoms with Gasteiger partial charge in [-0.1, -0.05) is 18.0 Å². The van der Waals surface area contributed by atoms with Crippen LogP contribution in [0.1, 0.15) is 37.1 Å². The van der Waals surface area contributed by atoms with Crippen molar-refractivity contribution in [3.63, 3.8) is 0 Å². The van der Waals surface area contributed by atoms with Gasteiger partial charge in [0.1, 0.15) is 0 Å². The Morgan fingerprint density at radius 2 is 2.19 bits per heavy atom. The van der Waals surface area contributed by atoms with Crippen molar-refractivity contribution in [1.29, 1.82) is 0 Å². The smallest absolute Gasteiger partial charge is 0.228 e. The van der Waals surface area contributed by atoms with Crippen molar-refractivity contribution in [2.24, 2.45) is 5.92 Å². The summed E-state index contributed by atoms with van der Waals surface area (Å²) in [7, 11) is 2.02. The van der Waals surface area contributed by atoms with Crippen LogP contribution in [0.15, 0.2) is 23.0 Å². The largest absolute Gasteiger partial charge is 0.339 e. The van der Waals surface area contributed by atoms with Crippen LogP contribution in [-0.4, -0.2) is 28.2 Å². The minimum atomic E-state index is 0.427. The van der Waals surface area contributed by atoms with E-state index < -0.39 is 0 Å². The van der Waals surface area contributed by atoms with E-state index in [1.54, 1.807) is 12.4 Å². The lowest BCUT2D eigenvalue weighted by atomic mass is 9.95. The average molecular weight is 286 g/mol. The SMILES string of the molecule is CNC(Cc1nc(-c2cnccc2C)no1)C1CCCC1. The van der Waals surface area contributed by atoms with E-state index in [0.29, 0.717) is 17.8 Å². The Morgan fingerprint density at radius 3 is 2.90 bits per heavy atom. The molecular formula is C16H22N4O. The molecule has 1 unspecified atom stereocenters. The molecule has 2 heterocycles. The van der Waals surface area contributed by atoms with Crippen molar-refractivity contribution < 1.29 is 4.52 Å². The van der Waals surface area contributed by atoms with Gasteiger partial charge in [-0.25, -0.2) is 0 Å². The van der Waals surface area contributed by atoms with E-state index in [0.717, 1.165) is 23.5 Å². The quantitative estimate of drug-likeness (QED) is 0.915. The molecule has 1 saturated carbocycles. The zero-order valence-corrected chi connectivity index (χ0v) is 12.7. The molecule has 1 aliphatic carbocycles. The summed E-state index contributed by atoms with van der Waals surface area (Å²) in [6, 6.07) is 2.39. The second-order valence-corrected chi connectivity index (χ2v) is 5.85. The number of hydrogen-bond acceptors (Lipinski definition) is 5. The van der Waals surface area contributed by atoms with Gasteiger partial charge in [0.25, 0.3) is 0 Å². The van der Waals surface area contributed by atoms with Gasteiger partial charge in [0.2, 0.25) is 11.7 Å². The summed E-state index contributed by atoms with van der Waals surface area (Å²) in [5.74, 6) is 2.07. The number of nitrogens with one attached hydrogen (secondary N) is 1. The molecule has 21 heavy (non-hydrogen) atoms. The number of aromatic nitrogens is 3. The van der Waals surface area contributed by atoms with Gasteiger partial charge in [0.05, 0.1) is 0 Å². The van der Waals surface area contributed by atoms with Crippen molar-refractivity contribution >= 4 is 0 Å². The molecule has 0 bridgehead atoms. The van der Waals surface area contributed by atoms with E-state index in [1.807, 2.05) is 20.0 Å². The van der Waals surface area contributed by atoms with Gasteiger partial charge in [0, 0.05) is 30.4 Å². The first-order chi connectivity index (χ1) is 10.3. The number of hydrogen-bond donors (Lipinski definition) is 1. The minimum Gasteiger partial charge on any atom is -0.339 e. The lowest BCUT2D eigenvalue weighted by Crippen LogP contribution is -2.34. The van der Waals surface area contributed by atoms with Crippen LogP contribution in [0.25, 0.3) is 11.4 Å². The molecular weight excluding hydrogens is 264 g/mol. The third-order valence-electron chi connectivity index (χ3n) is 4.48. The van der Waals surface area contributed by atoms with Crippen molar-refractivity contribution in [2.75, 3.05) is 7.05 Å². The summed E-state index contributed by atoms with van der Waals surface area (Å²) in [4.78, 5) is 8.68. The Kier molecular flexibility index (Phi) is 4.29. The highest BCUT2D eigenvalue weighted by Gasteiger charge is 2.26. The zero-order valence-electron chi connectivity index (χ0n) is 12.7. The molecule has 1 atom stereocenters. The first kappa shape index (κ1) is 14.2. The van der Waals surface area contributed by atoms with Crippen molar-refractivity contribution in [1.82, 2.24) is 20.4 Å². The van der Waals surface area contributed by atoms with Crippen LogP contribution >= 0.6 is 0 Å². The van der Waals surface area contributed by atoms with Gasteiger partial charge in [-0.2, -0.15) is 4.98 Å². The molecule has 1 fully saturated rings. The highest BCUT2D eigenvalue weighted by Crippen LogP contribution is 2.29. The fourth-order valence-corrected chi connectivity index (χ4v) is 3.20. The molecule has 2 aromatic rings. The molecule has 0 spiro atoms. The highest BCUT2D eigenvalue weighted by atomic mass is 16.5. The monoisotopic (exact) mass is 286 g/mol. The standard InChI is InChI=1S/C16H22N4O/c1-11-7-8-18-10-13(11)16-19-15(21-20-16)9-14(17-2)12-5-3-4-6-12/h7-8,10,12,14,17H,3-6,9H2,1-2H3. The van der Waals surface area contributed by atoms with Gasteiger partial charge in [-0.05, 0) is 44.4 Å². The van der Waals surface area contributed by atoms with Crippen LogP contribution in [0.5, 0.6) is 0 Å². The molecule has 112 valence electrons. The summed E-state index contributed by atoms with van der Waals surface area (Å²) >= 11 is 0. The van der Waals surface area contributed by atoms with Crippen LogP contribution in [0.2, 0.25) is 0 Å². The number of pyridine rings is 1. The Bertz CT molecular complexity index is 589. The Morgan fingerprint density at radius 1 is 1.38 bits per heavy atom. The normalized spacial score (nSPS) is 17.2. The Hall–Kier alpha value is -1.75. The molecule has 0 aromatic carbocycles. The van der Waals surface area contributed by atoms with Gasteiger partial charge in [0.15, 0.2) is 0 Å². The van der Waals surface area contributed by atoms with Crippen LogP contribution in [0.4, 0.5) is 0 Å². The maximum absolute atomic E-state index is 5.44. The highest BCUT2D eigenvalue weighted by molar-refractivity contribution is 5.57. The second kappa shape index (κ2) is 6.35. The summed E-state index contributed by atoms with van der Waals surface area (Å²) < 4.78 is 5.44. The number of likely N-dealkylation sites (N-methyl/N-ethyl adjacent to an activating group) is 1. The molecule has 5 nitrogen and oxygen atoms in total. The molecule has 0 amide bonds. The molecule has 2 aromatic heterocycles. The van der Waals surface area contributed by atoms with E-state index in [4.69, 9.17) is 4.52 Å². The van der Waals surface area contributed by atoms with Crippen molar-refractivity contribution in [2.45, 2.75) is 45.1 Å². The molecule has 0 radical (unpaired) electrons. The number of nitrogens with zero attached hydrogens (tertiary/aromatic N) is 3. The fourth-order valence-electron chi connectivity index (χ4n) is 3.20. The zero-order chi connectivity index (χ0) is 14.7. The fraction of sp³-hybridized carbons (Fsp3) is 0.562. The lowest BCUT2D eigenvalue weighted by Gasteiger charge is -2.20. The van der Waals surface area contributed by atoms with E-state index in [9.17, 15) is 0 Å². The maximum atomic E-state index is 5.44. The topological polar surface area (TPSA) is 63.8 Å². The number of rotatable bonds is 5. The summed E-state index contributed by atoms with van der Waals surface area (Å²) in [6.07, 6.45) is 9.64. The molecule has 1 aliphatic rings. The summed E-state index contributed by atoms with van der Waals surface area (Å²) in [5.41, 5.74) is 2.05. The first-order valence-corrected chi connectivity index (χ1v) is 7.68.